The molecule has 0 saturated heterocycles. The Kier molecular flexibility index (Phi) is 3.35. The zero-order valence-electron chi connectivity index (χ0n) is 10.9. The van der Waals surface area contributed by atoms with Gasteiger partial charge in [-0.15, -0.1) is 0 Å². The number of nitrogens with one attached hydrogen (secondary N) is 1. The second-order valence-electron chi connectivity index (χ2n) is 5.76. The van der Waals surface area contributed by atoms with Gasteiger partial charge in [0.2, 0.25) is 5.91 Å². The molecule has 1 amide bonds. The van der Waals surface area contributed by atoms with Crippen LogP contribution in [0.3, 0.4) is 0 Å². The fourth-order valence-electron chi connectivity index (χ4n) is 3.58. The van der Waals surface area contributed by atoms with Crippen LogP contribution < -0.4 is 11.1 Å². The lowest BCUT2D eigenvalue weighted by atomic mass is 9.84. The summed E-state index contributed by atoms with van der Waals surface area (Å²) in [5.74, 6) is 1.06. The van der Waals surface area contributed by atoms with E-state index in [1.807, 2.05) is 13.0 Å². The van der Waals surface area contributed by atoms with Crippen molar-refractivity contribution < 1.29 is 4.79 Å². The summed E-state index contributed by atoms with van der Waals surface area (Å²) in [7, 11) is 0. The van der Waals surface area contributed by atoms with Crippen LogP contribution in [0.5, 0.6) is 0 Å². The second kappa shape index (κ2) is 4.87. The first kappa shape index (κ1) is 13.1. The van der Waals surface area contributed by atoms with E-state index >= 15 is 0 Å². The lowest BCUT2D eigenvalue weighted by Crippen LogP contribution is -2.42. The molecule has 3 N–H and O–H groups in total. The van der Waals surface area contributed by atoms with E-state index < -0.39 is 0 Å². The number of hydrogen-bond donors (Lipinski definition) is 2. The summed E-state index contributed by atoms with van der Waals surface area (Å²) < 4.78 is 0.808. The van der Waals surface area contributed by atoms with E-state index in [0.29, 0.717) is 11.8 Å². The van der Waals surface area contributed by atoms with Gasteiger partial charge in [-0.3, -0.25) is 4.79 Å². The molecule has 4 atom stereocenters. The number of carbonyl (C=O) groups is 1. The molecule has 0 aliphatic heterocycles. The number of nitrogens with two attached hydrogens (primary N) is 1. The highest BCUT2D eigenvalue weighted by molar-refractivity contribution is 9.10. The molecule has 1 aromatic rings. The zero-order valence-corrected chi connectivity index (χ0v) is 12.5. The molecule has 2 saturated carbocycles. The number of halogens is 1. The molecule has 2 bridgehead atoms. The van der Waals surface area contributed by atoms with Crippen molar-refractivity contribution in [1.82, 2.24) is 4.98 Å². The molecular formula is C14H18BrN3O. The minimum Gasteiger partial charge on any atom is -0.327 e. The predicted molar refractivity (Wildman–Crippen MR) is 77.6 cm³/mol. The van der Waals surface area contributed by atoms with E-state index in [2.05, 4.69) is 26.2 Å². The maximum atomic E-state index is 12.4. The van der Waals surface area contributed by atoms with Crippen molar-refractivity contribution >= 4 is 27.5 Å². The van der Waals surface area contributed by atoms with Gasteiger partial charge in [-0.2, -0.15) is 0 Å². The minimum atomic E-state index is -0.0253. The number of anilines is 1. The maximum Gasteiger partial charge on any atom is 0.229 e. The highest BCUT2D eigenvalue weighted by atomic mass is 79.9. The number of aryl methyl sites for hydroxylation is 1. The zero-order chi connectivity index (χ0) is 13.6. The second-order valence-corrected chi connectivity index (χ2v) is 6.51. The number of hydrogen-bond acceptors (Lipinski definition) is 3. The monoisotopic (exact) mass is 323 g/mol. The van der Waals surface area contributed by atoms with Crippen LogP contribution in [0.25, 0.3) is 0 Å². The van der Waals surface area contributed by atoms with Crippen molar-refractivity contribution in [2.75, 3.05) is 5.32 Å². The summed E-state index contributed by atoms with van der Waals surface area (Å²) in [6, 6.07) is 1.96. The van der Waals surface area contributed by atoms with E-state index in [4.69, 9.17) is 5.73 Å². The Morgan fingerprint density at radius 2 is 2.21 bits per heavy atom. The Morgan fingerprint density at radius 1 is 1.47 bits per heavy atom. The lowest BCUT2D eigenvalue weighted by molar-refractivity contribution is -0.121. The molecule has 5 heteroatoms. The van der Waals surface area contributed by atoms with Gasteiger partial charge in [0.1, 0.15) is 4.60 Å². The van der Waals surface area contributed by atoms with E-state index in [0.717, 1.165) is 28.7 Å². The van der Waals surface area contributed by atoms with Crippen molar-refractivity contribution in [3.63, 3.8) is 0 Å². The summed E-state index contributed by atoms with van der Waals surface area (Å²) in [4.78, 5) is 16.6. The third kappa shape index (κ3) is 2.30. The van der Waals surface area contributed by atoms with Crippen molar-refractivity contribution in [2.24, 2.45) is 23.5 Å². The minimum absolute atomic E-state index is 0.0253. The maximum absolute atomic E-state index is 12.4. The highest BCUT2D eigenvalue weighted by Crippen LogP contribution is 2.47. The molecule has 102 valence electrons. The van der Waals surface area contributed by atoms with Gasteiger partial charge in [0, 0.05) is 6.04 Å². The Morgan fingerprint density at radius 3 is 2.84 bits per heavy atom. The highest BCUT2D eigenvalue weighted by Gasteiger charge is 2.49. The molecule has 0 spiro atoms. The Bertz CT molecular complexity index is 517. The molecule has 0 radical (unpaired) electrons. The molecule has 2 fully saturated rings. The van der Waals surface area contributed by atoms with Crippen LogP contribution in [-0.4, -0.2) is 16.9 Å². The van der Waals surface area contributed by atoms with E-state index in [-0.39, 0.29) is 17.9 Å². The third-order valence-electron chi connectivity index (χ3n) is 4.57. The lowest BCUT2D eigenvalue weighted by Gasteiger charge is -2.27. The summed E-state index contributed by atoms with van der Waals surface area (Å²) in [6.45, 7) is 1.95. The Hall–Kier alpha value is -0.940. The van der Waals surface area contributed by atoms with Gasteiger partial charge in [-0.05, 0) is 65.6 Å². The van der Waals surface area contributed by atoms with Crippen LogP contribution in [0.15, 0.2) is 16.9 Å². The van der Waals surface area contributed by atoms with Crippen molar-refractivity contribution in [1.29, 1.82) is 0 Å². The first-order valence-electron chi connectivity index (χ1n) is 6.75. The summed E-state index contributed by atoms with van der Waals surface area (Å²) in [5.41, 5.74) is 7.95. The van der Waals surface area contributed by atoms with Crippen molar-refractivity contribution in [3.05, 3.63) is 22.4 Å². The largest absolute Gasteiger partial charge is 0.327 e. The molecule has 4 nitrogen and oxygen atoms in total. The van der Waals surface area contributed by atoms with Gasteiger partial charge in [0.05, 0.1) is 17.8 Å². The van der Waals surface area contributed by atoms with Gasteiger partial charge >= 0.3 is 0 Å². The molecule has 0 aromatic carbocycles. The third-order valence-corrected chi connectivity index (χ3v) is 5.40. The molecule has 1 aromatic heterocycles. The SMILES string of the molecule is Cc1cc(NC(=O)C2C3CCC(C3)C2N)cnc1Br. The Labute approximate surface area is 121 Å². The summed E-state index contributed by atoms with van der Waals surface area (Å²) >= 11 is 3.35. The smallest absolute Gasteiger partial charge is 0.229 e. The van der Waals surface area contributed by atoms with Gasteiger partial charge in [0.25, 0.3) is 0 Å². The number of fused-ring (bicyclic) bond motifs is 2. The van der Waals surface area contributed by atoms with Crippen LogP contribution in [0, 0.1) is 24.7 Å². The quantitative estimate of drug-likeness (QED) is 0.821. The topological polar surface area (TPSA) is 68.0 Å². The average Bonchev–Trinajstić information content (AvgIpc) is 2.94. The van der Waals surface area contributed by atoms with Gasteiger partial charge in [-0.25, -0.2) is 4.98 Å². The van der Waals surface area contributed by atoms with Crippen LogP contribution in [-0.2, 0) is 4.79 Å². The number of carbonyl (C=O) groups excluding carboxylic acids is 1. The first-order valence-corrected chi connectivity index (χ1v) is 7.54. The molecule has 2 aliphatic carbocycles. The summed E-state index contributed by atoms with van der Waals surface area (Å²) in [5, 5.41) is 2.96. The van der Waals surface area contributed by atoms with Crippen molar-refractivity contribution in [3.8, 4) is 0 Å². The fraction of sp³-hybridized carbons (Fsp3) is 0.571. The predicted octanol–water partition coefficient (Wildman–Crippen LogP) is 2.46. The molecule has 1 heterocycles. The normalized spacial score (nSPS) is 32.6. The number of aromatic nitrogens is 1. The molecule has 2 aliphatic rings. The summed E-state index contributed by atoms with van der Waals surface area (Å²) in [6.07, 6.45) is 5.13. The van der Waals surface area contributed by atoms with Crippen LogP contribution in [0.1, 0.15) is 24.8 Å². The average molecular weight is 324 g/mol. The van der Waals surface area contributed by atoms with Crippen molar-refractivity contribution in [2.45, 2.75) is 32.2 Å². The molecule has 4 unspecified atom stereocenters. The number of pyridine rings is 1. The van der Waals surface area contributed by atoms with Crippen LogP contribution >= 0.6 is 15.9 Å². The van der Waals surface area contributed by atoms with E-state index in [9.17, 15) is 4.79 Å². The molecule has 3 rings (SSSR count). The fourth-order valence-corrected chi connectivity index (χ4v) is 3.79. The van der Waals surface area contributed by atoms with Crippen LogP contribution in [0.4, 0.5) is 5.69 Å². The number of amides is 1. The van der Waals surface area contributed by atoms with E-state index in [1.54, 1.807) is 6.20 Å². The standard InChI is InChI=1S/C14H18BrN3O/c1-7-4-10(6-17-13(7)15)18-14(19)11-8-2-3-9(5-8)12(11)16/h4,6,8-9,11-12H,2-3,5,16H2,1H3,(H,18,19). The number of rotatable bonds is 2. The van der Waals surface area contributed by atoms with Gasteiger partial charge in [-0.1, -0.05) is 0 Å². The molecular weight excluding hydrogens is 306 g/mol. The van der Waals surface area contributed by atoms with Gasteiger partial charge in [0.15, 0.2) is 0 Å². The molecule has 19 heavy (non-hydrogen) atoms. The Balaban J connectivity index is 1.73. The van der Waals surface area contributed by atoms with Crippen LogP contribution in [0.2, 0.25) is 0 Å². The van der Waals surface area contributed by atoms with Gasteiger partial charge < -0.3 is 11.1 Å². The number of nitrogens with zero attached hydrogens (tertiary/aromatic N) is 1. The van der Waals surface area contributed by atoms with E-state index in [1.165, 1.54) is 6.42 Å². The first-order chi connectivity index (χ1) is 9.06.